The van der Waals surface area contributed by atoms with Gasteiger partial charge in [-0.05, 0) is 25.7 Å². The first-order chi connectivity index (χ1) is 8.81. The Kier molecular flexibility index (Phi) is 5.41. The lowest BCUT2D eigenvalue weighted by atomic mass is 9.98. The van der Waals surface area contributed by atoms with Gasteiger partial charge in [-0.2, -0.15) is 0 Å². The molecule has 1 amide bonds. The summed E-state index contributed by atoms with van der Waals surface area (Å²) in [5.41, 5.74) is 0. The molecule has 0 aliphatic carbocycles. The Morgan fingerprint density at radius 3 is 3.17 bits per heavy atom. The highest BCUT2D eigenvalue weighted by atomic mass is 16.5. The van der Waals surface area contributed by atoms with Crippen molar-refractivity contribution < 1.29 is 14.3 Å². The molecule has 0 aromatic carbocycles. The number of hydrogen-bond acceptors (Lipinski definition) is 4. The summed E-state index contributed by atoms with van der Waals surface area (Å²) in [6, 6.07) is -0.149. The Labute approximate surface area is 109 Å². The van der Waals surface area contributed by atoms with Crippen LogP contribution in [-0.2, 0) is 14.3 Å². The second kappa shape index (κ2) is 7.07. The minimum absolute atomic E-state index is 0.149. The lowest BCUT2D eigenvalue weighted by Gasteiger charge is -2.36. The monoisotopic (exact) mass is 256 g/mol. The summed E-state index contributed by atoms with van der Waals surface area (Å²) < 4.78 is 10.8. The smallest absolute Gasteiger partial charge is 0.242 e. The van der Waals surface area contributed by atoms with Crippen molar-refractivity contribution in [2.24, 2.45) is 5.92 Å². The van der Waals surface area contributed by atoms with Crippen LogP contribution in [0.1, 0.15) is 19.8 Å². The number of rotatable bonds is 4. The minimum Gasteiger partial charge on any atom is -0.381 e. The zero-order chi connectivity index (χ0) is 12.8. The van der Waals surface area contributed by atoms with E-state index in [1.807, 2.05) is 11.8 Å². The molecule has 2 aliphatic heterocycles. The van der Waals surface area contributed by atoms with Crippen molar-refractivity contribution in [1.82, 2.24) is 10.2 Å². The molecule has 2 rings (SSSR count). The minimum atomic E-state index is -0.149. The van der Waals surface area contributed by atoms with Crippen molar-refractivity contribution >= 4 is 5.91 Å². The molecule has 0 aromatic rings. The van der Waals surface area contributed by atoms with Gasteiger partial charge in [-0.25, -0.2) is 0 Å². The van der Waals surface area contributed by atoms with Gasteiger partial charge in [0.1, 0.15) is 6.04 Å². The zero-order valence-corrected chi connectivity index (χ0v) is 11.2. The van der Waals surface area contributed by atoms with Gasteiger partial charge in [0, 0.05) is 26.2 Å². The van der Waals surface area contributed by atoms with Gasteiger partial charge in [0.05, 0.1) is 19.8 Å². The topological polar surface area (TPSA) is 50.8 Å². The summed E-state index contributed by atoms with van der Waals surface area (Å²) in [7, 11) is 0. The number of nitrogens with zero attached hydrogens (tertiary/aromatic N) is 1. The van der Waals surface area contributed by atoms with E-state index < -0.39 is 0 Å². The largest absolute Gasteiger partial charge is 0.381 e. The predicted octanol–water partition coefficient (Wildman–Crippen LogP) is 0.250. The Morgan fingerprint density at radius 1 is 1.56 bits per heavy atom. The number of ether oxygens (including phenoxy) is 2. The number of amides is 1. The molecule has 0 spiro atoms. The van der Waals surface area contributed by atoms with Gasteiger partial charge >= 0.3 is 0 Å². The Morgan fingerprint density at radius 2 is 2.44 bits per heavy atom. The average Bonchev–Trinajstić information content (AvgIpc) is 2.45. The number of carbonyl (C=O) groups excluding carboxylic acids is 1. The molecular formula is C13H24N2O3. The summed E-state index contributed by atoms with van der Waals surface area (Å²) in [6.45, 7) is 7.22. The first kappa shape index (κ1) is 13.8. The number of morpholine rings is 1. The van der Waals surface area contributed by atoms with E-state index in [0.29, 0.717) is 19.1 Å². The Hall–Kier alpha value is -0.650. The van der Waals surface area contributed by atoms with Gasteiger partial charge in [-0.15, -0.1) is 0 Å². The van der Waals surface area contributed by atoms with Crippen LogP contribution in [0.5, 0.6) is 0 Å². The highest BCUT2D eigenvalue weighted by Gasteiger charge is 2.29. The van der Waals surface area contributed by atoms with Gasteiger partial charge < -0.3 is 19.7 Å². The lowest BCUT2D eigenvalue weighted by molar-refractivity contribution is -0.138. The van der Waals surface area contributed by atoms with Crippen LogP contribution in [0.3, 0.4) is 0 Å². The van der Waals surface area contributed by atoms with E-state index in [4.69, 9.17) is 9.47 Å². The van der Waals surface area contributed by atoms with Gasteiger partial charge in [-0.3, -0.25) is 4.79 Å². The van der Waals surface area contributed by atoms with E-state index >= 15 is 0 Å². The van der Waals surface area contributed by atoms with E-state index in [1.54, 1.807) is 0 Å². The van der Waals surface area contributed by atoms with Crippen LogP contribution in [0.4, 0.5) is 0 Å². The molecule has 2 atom stereocenters. The lowest BCUT2D eigenvalue weighted by Crippen LogP contribution is -2.54. The van der Waals surface area contributed by atoms with Crippen molar-refractivity contribution in [2.45, 2.75) is 25.8 Å². The van der Waals surface area contributed by atoms with Crippen LogP contribution in [0.2, 0.25) is 0 Å². The summed E-state index contributed by atoms with van der Waals surface area (Å²) in [6.07, 6.45) is 2.25. The van der Waals surface area contributed by atoms with Crippen molar-refractivity contribution in [3.63, 3.8) is 0 Å². The third-order valence-corrected chi connectivity index (χ3v) is 3.61. The molecular weight excluding hydrogens is 232 g/mol. The summed E-state index contributed by atoms with van der Waals surface area (Å²) in [5, 5.41) is 3.23. The molecule has 0 aromatic heterocycles. The number of nitrogens with one attached hydrogen (secondary N) is 1. The van der Waals surface area contributed by atoms with Gasteiger partial charge in [-0.1, -0.05) is 0 Å². The highest BCUT2D eigenvalue weighted by Crippen LogP contribution is 2.18. The molecule has 5 nitrogen and oxygen atoms in total. The van der Waals surface area contributed by atoms with E-state index in [1.165, 1.54) is 6.42 Å². The maximum absolute atomic E-state index is 12.3. The van der Waals surface area contributed by atoms with Crippen LogP contribution in [0.25, 0.3) is 0 Å². The summed E-state index contributed by atoms with van der Waals surface area (Å²) >= 11 is 0. The Bertz CT molecular complexity index is 267. The van der Waals surface area contributed by atoms with E-state index in [0.717, 1.165) is 39.3 Å². The molecule has 0 radical (unpaired) electrons. The number of piperidine rings is 1. The van der Waals surface area contributed by atoms with Crippen molar-refractivity contribution in [3.05, 3.63) is 0 Å². The molecule has 104 valence electrons. The fourth-order valence-corrected chi connectivity index (χ4v) is 2.63. The Balaban J connectivity index is 1.81. The second-order valence-corrected chi connectivity index (χ2v) is 5.03. The molecule has 5 heteroatoms. The molecule has 2 aliphatic rings. The molecule has 0 saturated carbocycles. The number of likely N-dealkylation sites (tertiary alicyclic amines) is 1. The third kappa shape index (κ3) is 3.67. The molecule has 0 bridgehead atoms. The normalized spacial score (nSPS) is 29.3. The molecule has 1 N–H and O–H groups in total. The van der Waals surface area contributed by atoms with Gasteiger partial charge in [0.25, 0.3) is 0 Å². The molecule has 2 saturated heterocycles. The molecule has 2 fully saturated rings. The maximum Gasteiger partial charge on any atom is 0.242 e. The quantitative estimate of drug-likeness (QED) is 0.783. The van der Waals surface area contributed by atoms with Crippen molar-refractivity contribution in [2.75, 3.05) is 46.1 Å². The SMILES string of the molecule is CCOC[C@@H]1CCCN(C(=O)[C@H]2COCCN2)C1. The fraction of sp³-hybridized carbons (Fsp3) is 0.923. The van der Waals surface area contributed by atoms with Crippen molar-refractivity contribution in [3.8, 4) is 0 Å². The summed E-state index contributed by atoms with van der Waals surface area (Å²) in [4.78, 5) is 14.3. The summed E-state index contributed by atoms with van der Waals surface area (Å²) in [5.74, 6) is 0.683. The average molecular weight is 256 g/mol. The number of hydrogen-bond donors (Lipinski definition) is 1. The van der Waals surface area contributed by atoms with Gasteiger partial charge in [0.15, 0.2) is 0 Å². The van der Waals surface area contributed by atoms with Crippen LogP contribution in [0, 0.1) is 5.92 Å². The molecule has 0 unspecified atom stereocenters. The molecule has 2 heterocycles. The van der Waals surface area contributed by atoms with Crippen LogP contribution in [0.15, 0.2) is 0 Å². The fourth-order valence-electron chi connectivity index (χ4n) is 2.63. The van der Waals surface area contributed by atoms with Crippen molar-refractivity contribution in [1.29, 1.82) is 0 Å². The third-order valence-electron chi connectivity index (χ3n) is 3.61. The first-order valence-electron chi connectivity index (χ1n) is 6.99. The van der Waals surface area contributed by atoms with E-state index in [-0.39, 0.29) is 11.9 Å². The van der Waals surface area contributed by atoms with Crippen LogP contribution >= 0.6 is 0 Å². The van der Waals surface area contributed by atoms with E-state index in [9.17, 15) is 4.79 Å². The van der Waals surface area contributed by atoms with Crippen LogP contribution < -0.4 is 5.32 Å². The van der Waals surface area contributed by atoms with Gasteiger partial charge in [0.2, 0.25) is 5.91 Å². The second-order valence-electron chi connectivity index (χ2n) is 5.03. The maximum atomic E-state index is 12.3. The number of carbonyl (C=O) groups is 1. The standard InChI is InChI=1S/C13H24N2O3/c1-2-17-9-11-4-3-6-15(8-11)13(16)12-10-18-7-5-14-12/h11-12,14H,2-10H2,1H3/t11-,12-/m1/s1. The zero-order valence-electron chi connectivity index (χ0n) is 11.2. The highest BCUT2D eigenvalue weighted by molar-refractivity contribution is 5.82. The van der Waals surface area contributed by atoms with E-state index in [2.05, 4.69) is 5.32 Å². The predicted molar refractivity (Wildman–Crippen MR) is 68.4 cm³/mol. The first-order valence-corrected chi connectivity index (χ1v) is 6.99. The van der Waals surface area contributed by atoms with Crippen LogP contribution in [-0.4, -0.2) is 62.9 Å². The molecule has 18 heavy (non-hydrogen) atoms.